The van der Waals surface area contributed by atoms with Crippen molar-refractivity contribution in [3.63, 3.8) is 0 Å². The Hall–Kier alpha value is -3.81. The molecule has 4 heterocycles. The van der Waals surface area contributed by atoms with Crippen LogP contribution in [0.15, 0.2) is 48.5 Å². The molecule has 6 rings (SSSR count). The molecule has 0 saturated carbocycles. The summed E-state index contributed by atoms with van der Waals surface area (Å²) >= 11 is 0. The minimum atomic E-state index is 0.273. The van der Waals surface area contributed by atoms with Crippen LogP contribution in [0.5, 0.6) is 11.5 Å². The monoisotopic (exact) mass is 400 g/mol. The highest BCUT2D eigenvalue weighted by Crippen LogP contribution is 2.34. The van der Waals surface area contributed by atoms with Crippen LogP contribution in [0.1, 0.15) is 16.8 Å². The predicted molar refractivity (Wildman–Crippen MR) is 113 cm³/mol. The zero-order chi connectivity index (χ0) is 19.9. The first kappa shape index (κ1) is 17.1. The number of ether oxygens (including phenoxy) is 2. The van der Waals surface area contributed by atoms with E-state index in [1.165, 1.54) is 5.56 Å². The number of rotatable bonds is 5. The van der Waals surface area contributed by atoms with Crippen molar-refractivity contribution >= 4 is 22.8 Å². The number of benzene rings is 2. The zero-order valence-electron chi connectivity index (χ0n) is 16.3. The second kappa shape index (κ2) is 6.91. The molecule has 0 fully saturated rings. The second-order valence-electron chi connectivity index (χ2n) is 7.46. The Kier molecular flexibility index (Phi) is 3.93. The van der Waals surface area contributed by atoms with Gasteiger partial charge in [-0.15, -0.1) is 0 Å². The first-order chi connectivity index (χ1) is 14.8. The lowest BCUT2D eigenvalue weighted by atomic mass is 10.1. The fraction of sp³-hybridized carbons (Fsp3) is 0.227. The molecule has 8 heteroatoms. The predicted octanol–water partition coefficient (Wildman–Crippen LogP) is 3.26. The number of anilines is 2. The molecule has 0 saturated heterocycles. The highest BCUT2D eigenvalue weighted by atomic mass is 16.7. The summed E-state index contributed by atoms with van der Waals surface area (Å²) in [5.41, 5.74) is 4.13. The Bertz CT molecular complexity index is 1220. The maximum Gasteiger partial charge on any atom is 0.231 e. The van der Waals surface area contributed by atoms with Crippen LogP contribution in [0, 0.1) is 0 Å². The van der Waals surface area contributed by atoms with Crippen molar-refractivity contribution in [2.45, 2.75) is 19.5 Å². The minimum Gasteiger partial charge on any atom is -0.454 e. The molecule has 2 N–H and O–H groups in total. The molecule has 0 aliphatic carbocycles. The van der Waals surface area contributed by atoms with Gasteiger partial charge in [-0.3, -0.25) is 5.10 Å². The molecule has 0 atom stereocenters. The first-order valence-electron chi connectivity index (χ1n) is 10.00. The van der Waals surface area contributed by atoms with Crippen molar-refractivity contribution in [1.82, 2.24) is 20.2 Å². The largest absolute Gasteiger partial charge is 0.454 e. The van der Waals surface area contributed by atoms with E-state index in [-0.39, 0.29) is 6.79 Å². The fourth-order valence-electron chi connectivity index (χ4n) is 4.00. The van der Waals surface area contributed by atoms with Crippen molar-refractivity contribution in [1.29, 1.82) is 0 Å². The highest BCUT2D eigenvalue weighted by Gasteiger charge is 2.25. The molecule has 4 aromatic rings. The lowest BCUT2D eigenvalue weighted by Gasteiger charge is -2.28. The van der Waals surface area contributed by atoms with Gasteiger partial charge in [-0.05, 0) is 23.3 Å². The van der Waals surface area contributed by atoms with E-state index in [0.29, 0.717) is 12.5 Å². The molecule has 2 aromatic heterocycles. The van der Waals surface area contributed by atoms with Gasteiger partial charge in [-0.1, -0.05) is 36.4 Å². The molecule has 30 heavy (non-hydrogen) atoms. The van der Waals surface area contributed by atoms with Crippen molar-refractivity contribution in [3.8, 4) is 11.5 Å². The number of fused-ring (bicyclic) bond motifs is 1. The molecule has 0 amide bonds. The average molecular weight is 400 g/mol. The maximum atomic E-state index is 5.47. The standard InChI is InChI=1S/C22H20N6O2/c1-2-4-14(5-3-1)12-28-9-8-16-19-20(27-26-16)24-22(25-21(19)28)23-11-15-6-7-17-18(10-15)30-13-29-17/h1-7,10H,8-9,11-13H2,(H2,23,24,25,26,27). The Balaban J connectivity index is 1.29. The number of nitrogens with one attached hydrogen (secondary N) is 2. The molecule has 0 spiro atoms. The van der Waals surface area contributed by atoms with Crippen LogP contribution in [0.4, 0.5) is 11.8 Å². The third-order valence-electron chi connectivity index (χ3n) is 5.50. The van der Waals surface area contributed by atoms with E-state index < -0.39 is 0 Å². The fourth-order valence-corrected chi connectivity index (χ4v) is 4.00. The molecule has 2 aliphatic heterocycles. The number of nitrogens with zero attached hydrogens (tertiary/aromatic N) is 4. The van der Waals surface area contributed by atoms with Gasteiger partial charge in [0.1, 0.15) is 5.82 Å². The van der Waals surface area contributed by atoms with Gasteiger partial charge in [0, 0.05) is 26.1 Å². The third-order valence-corrected chi connectivity index (χ3v) is 5.50. The Morgan fingerprint density at radius 2 is 1.90 bits per heavy atom. The number of hydrogen-bond acceptors (Lipinski definition) is 7. The second-order valence-corrected chi connectivity index (χ2v) is 7.46. The van der Waals surface area contributed by atoms with Crippen molar-refractivity contribution in [2.75, 3.05) is 23.6 Å². The number of aromatic nitrogens is 4. The van der Waals surface area contributed by atoms with Gasteiger partial charge in [0.15, 0.2) is 17.1 Å². The van der Waals surface area contributed by atoms with E-state index in [0.717, 1.165) is 59.1 Å². The molecule has 0 radical (unpaired) electrons. The molecule has 0 unspecified atom stereocenters. The summed E-state index contributed by atoms with van der Waals surface area (Å²) in [6, 6.07) is 16.4. The minimum absolute atomic E-state index is 0.273. The number of H-pyrrole nitrogens is 1. The van der Waals surface area contributed by atoms with Crippen molar-refractivity contribution < 1.29 is 9.47 Å². The Morgan fingerprint density at radius 1 is 1.00 bits per heavy atom. The van der Waals surface area contributed by atoms with E-state index in [1.54, 1.807) is 0 Å². The zero-order valence-corrected chi connectivity index (χ0v) is 16.3. The molecule has 8 nitrogen and oxygen atoms in total. The summed E-state index contributed by atoms with van der Waals surface area (Å²) in [6.07, 6.45) is 0.882. The van der Waals surface area contributed by atoms with Gasteiger partial charge in [0.25, 0.3) is 0 Å². The van der Waals surface area contributed by atoms with Crippen molar-refractivity contribution in [2.24, 2.45) is 0 Å². The summed E-state index contributed by atoms with van der Waals surface area (Å²) in [4.78, 5) is 11.8. The Labute approximate surface area is 172 Å². The summed E-state index contributed by atoms with van der Waals surface area (Å²) in [5.74, 6) is 3.05. The van der Waals surface area contributed by atoms with E-state index in [9.17, 15) is 0 Å². The molecule has 150 valence electrons. The van der Waals surface area contributed by atoms with Crippen LogP contribution in [-0.2, 0) is 19.5 Å². The van der Waals surface area contributed by atoms with E-state index in [2.05, 4.69) is 49.7 Å². The van der Waals surface area contributed by atoms with Crippen LogP contribution in [0.25, 0.3) is 11.0 Å². The Morgan fingerprint density at radius 3 is 2.83 bits per heavy atom. The van der Waals surface area contributed by atoms with E-state index in [4.69, 9.17) is 14.5 Å². The molecule has 2 aliphatic rings. The first-order valence-corrected chi connectivity index (χ1v) is 10.00. The van der Waals surface area contributed by atoms with E-state index in [1.807, 2.05) is 24.3 Å². The lowest BCUT2D eigenvalue weighted by molar-refractivity contribution is 0.174. The quantitative estimate of drug-likeness (QED) is 0.532. The topological polar surface area (TPSA) is 88.2 Å². The highest BCUT2D eigenvalue weighted by molar-refractivity contribution is 5.91. The molecular weight excluding hydrogens is 380 g/mol. The number of hydrogen-bond donors (Lipinski definition) is 2. The van der Waals surface area contributed by atoms with Gasteiger partial charge in [0.05, 0.1) is 11.1 Å². The molecule has 2 aromatic carbocycles. The normalized spacial score (nSPS) is 14.3. The van der Waals surface area contributed by atoms with Gasteiger partial charge >= 0.3 is 0 Å². The van der Waals surface area contributed by atoms with Crippen LogP contribution in [0.2, 0.25) is 0 Å². The van der Waals surface area contributed by atoms with Crippen LogP contribution in [0.3, 0.4) is 0 Å². The van der Waals surface area contributed by atoms with Gasteiger partial charge < -0.3 is 19.7 Å². The SMILES string of the molecule is c1ccc(CN2CCc3n[nH]c4nc(NCc5ccc6c(c5)OCO6)nc2c34)cc1. The summed E-state index contributed by atoms with van der Waals surface area (Å²) in [7, 11) is 0. The van der Waals surface area contributed by atoms with Gasteiger partial charge in [0.2, 0.25) is 12.7 Å². The molecular formula is C22H20N6O2. The maximum absolute atomic E-state index is 5.47. The van der Waals surface area contributed by atoms with E-state index >= 15 is 0 Å². The third kappa shape index (κ3) is 2.97. The lowest BCUT2D eigenvalue weighted by Crippen LogP contribution is -2.29. The van der Waals surface area contributed by atoms with Gasteiger partial charge in [-0.25, -0.2) is 0 Å². The summed E-state index contributed by atoms with van der Waals surface area (Å²) < 4.78 is 10.8. The van der Waals surface area contributed by atoms with Crippen LogP contribution in [-0.4, -0.2) is 33.5 Å². The smallest absolute Gasteiger partial charge is 0.231 e. The van der Waals surface area contributed by atoms with Gasteiger partial charge in [-0.2, -0.15) is 15.1 Å². The molecule has 0 bridgehead atoms. The summed E-state index contributed by atoms with van der Waals surface area (Å²) in [5, 5.41) is 11.9. The summed E-state index contributed by atoms with van der Waals surface area (Å²) in [6.45, 7) is 2.54. The van der Waals surface area contributed by atoms with Crippen LogP contribution >= 0.6 is 0 Å². The van der Waals surface area contributed by atoms with Crippen LogP contribution < -0.4 is 19.7 Å². The van der Waals surface area contributed by atoms with Crippen molar-refractivity contribution in [3.05, 3.63) is 65.4 Å². The average Bonchev–Trinajstić information content (AvgIpc) is 3.42. The number of aromatic amines is 1.